The third-order valence-electron chi connectivity index (χ3n) is 4.80. The van der Waals surface area contributed by atoms with Gasteiger partial charge in [-0.2, -0.15) is 5.10 Å². The summed E-state index contributed by atoms with van der Waals surface area (Å²) in [7, 11) is 0. The van der Waals surface area contributed by atoms with Gasteiger partial charge in [0, 0.05) is 27.4 Å². The largest absolute Gasteiger partial charge is 0.231 e. The summed E-state index contributed by atoms with van der Waals surface area (Å²) in [6.07, 6.45) is 0.831. The SMILES string of the molecule is Clc1ccc(-c2csc(N3N=C(c4cccs4)C[C@@H]3c3ccc(Cl)cc3)n2)cc1. The van der Waals surface area contributed by atoms with Crippen LogP contribution in [-0.2, 0) is 0 Å². The number of benzene rings is 2. The number of nitrogens with zero attached hydrogens (tertiary/aromatic N) is 3. The summed E-state index contributed by atoms with van der Waals surface area (Å²) in [5.74, 6) is 0. The Kier molecular flexibility index (Phi) is 5.14. The summed E-state index contributed by atoms with van der Waals surface area (Å²) < 4.78 is 0. The first-order valence-electron chi connectivity index (χ1n) is 9.05. The van der Waals surface area contributed by atoms with Gasteiger partial charge in [0.1, 0.15) is 0 Å². The molecule has 2 aromatic heterocycles. The van der Waals surface area contributed by atoms with Gasteiger partial charge in [0.15, 0.2) is 0 Å². The normalized spacial score (nSPS) is 16.3. The average molecular weight is 456 g/mol. The molecule has 4 aromatic rings. The van der Waals surface area contributed by atoms with Crippen molar-refractivity contribution in [3.63, 3.8) is 0 Å². The molecule has 0 N–H and O–H groups in total. The lowest BCUT2D eigenvalue weighted by molar-refractivity contribution is 0.706. The van der Waals surface area contributed by atoms with Crippen LogP contribution in [0.3, 0.4) is 0 Å². The monoisotopic (exact) mass is 455 g/mol. The van der Waals surface area contributed by atoms with E-state index in [1.54, 1.807) is 22.7 Å². The smallest absolute Gasteiger partial charge is 0.207 e. The second-order valence-electron chi connectivity index (χ2n) is 6.66. The Labute approximate surface area is 186 Å². The van der Waals surface area contributed by atoms with E-state index < -0.39 is 0 Å². The molecule has 29 heavy (non-hydrogen) atoms. The van der Waals surface area contributed by atoms with Crippen molar-refractivity contribution in [2.75, 3.05) is 5.01 Å². The van der Waals surface area contributed by atoms with Gasteiger partial charge >= 0.3 is 0 Å². The minimum absolute atomic E-state index is 0.0913. The number of hydrogen-bond acceptors (Lipinski definition) is 5. The van der Waals surface area contributed by atoms with E-state index in [-0.39, 0.29) is 6.04 Å². The first-order chi connectivity index (χ1) is 14.2. The average Bonchev–Trinajstić information content (AvgIpc) is 3.48. The molecule has 0 radical (unpaired) electrons. The minimum atomic E-state index is 0.0913. The van der Waals surface area contributed by atoms with Crippen LogP contribution in [0.5, 0.6) is 0 Å². The molecule has 2 aromatic carbocycles. The Morgan fingerprint density at radius 1 is 0.897 bits per heavy atom. The van der Waals surface area contributed by atoms with E-state index >= 15 is 0 Å². The highest BCUT2D eigenvalue weighted by atomic mass is 35.5. The number of anilines is 1. The maximum Gasteiger partial charge on any atom is 0.207 e. The molecule has 1 atom stereocenters. The molecule has 7 heteroatoms. The fraction of sp³-hybridized carbons (Fsp3) is 0.0909. The van der Waals surface area contributed by atoms with Gasteiger partial charge in [-0.3, -0.25) is 0 Å². The quantitative estimate of drug-likeness (QED) is 0.317. The lowest BCUT2D eigenvalue weighted by atomic mass is 10.0. The molecular weight excluding hydrogens is 441 g/mol. The predicted octanol–water partition coefficient (Wildman–Crippen LogP) is 7.53. The van der Waals surface area contributed by atoms with Crippen molar-refractivity contribution >= 4 is 56.7 Å². The van der Waals surface area contributed by atoms with Gasteiger partial charge in [0.05, 0.1) is 22.3 Å². The Morgan fingerprint density at radius 2 is 1.62 bits per heavy atom. The van der Waals surface area contributed by atoms with Gasteiger partial charge in [0.2, 0.25) is 5.13 Å². The molecule has 0 saturated carbocycles. The number of thiazole rings is 1. The summed E-state index contributed by atoms with van der Waals surface area (Å²) in [6.45, 7) is 0. The number of hydrogen-bond donors (Lipinski definition) is 0. The van der Waals surface area contributed by atoms with E-state index in [9.17, 15) is 0 Å². The molecule has 3 heterocycles. The number of rotatable bonds is 4. The number of aromatic nitrogens is 1. The number of thiophene rings is 1. The molecule has 0 spiro atoms. The first-order valence-corrected chi connectivity index (χ1v) is 11.6. The zero-order valence-corrected chi connectivity index (χ0v) is 18.3. The molecule has 0 bridgehead atoms. The van der Waals surface area contributed by atoms with Crippen LogP contribution >= 0.6 is 45.9 Å². The van der Waals surface area contributed by atoms with Crippen molar-refractivity contribution in [3.05, 3.63) is 91.9 Å². The third kappa shape index (κ3) is 3.83. The molecule has 3 nitrogen and oxygen atoms in total. The van der Waals surface area contributed by atoms with E-state index in [2.05, 4.69) is 35.0 Å². The van der Waals surface area contributed by atoms with Crippen molar-refractivity contribution in [2.45, 2.75) is 12.5 Å². The van der Waals surface area contributed by atoms with E-state index in [1.165, 1.54) is 10.4 Å². The fourth-order valence-corrected chi connectivity index (χ4v) is 5.15. The maximum atomic E-state index is 6.10. The molecule has 0 amide bonds. The topological polar surface area (TPSA) is 28.5 Å². The molecule has 1 aliphatic rings. The summed E-state index contributed by atoms with van der Waals surface area (Å²) >= 11 is 15.4. The van der Waals surface area contributed by atoms with Crippen molar-refractivity contribution < 1.29 is 0 Å². The molecule has 0 unspecified atom stereocenters. The molecule has 0 saturated heterocycles. The summed E-state index contributed by atoms with van der Waals surface area (Å²) in [5, 5.41) is 13.5. The summed E-state index contributed by atoms with van der Waals surface area (Å²) in [6, 6.07) is 20.0. The number of halogens is 2. The molecule has 5 rings (SSSR count). The Balaban J connectivity index is 1.52. The van der Waals surface area contributed by atoms with Crippen LogP contribution in [-0.4, -0.2) is 10.7 Å². The lowest BCUT2D eigenvalue weighted by Gasteiger charge is -2.21. The predicted molar refractivity (Wildman–Crippen MR) is 125 cm³/mol. The molecule has 0 aliphatic carbocycles. The molecule has 1 aliphatic heterocycles. The standard InChI is InChI=1S/C22H15Cl2N3S2/c23-16-7-3-14(4-8-16)19-13-29-22(25-19)27-20(15-5-9-17(24)10-6-15)12-18(26-27)21-2-1-11-28-21/h1-11,13,20H,12H2/t20-/m1/s1. The summed E-state index contributed by atoms with van der Waals surface area (Å²) in [5.41, 5.74) is 4.23. The van der Waals surface area contributed by atoms with Crippen molar-refractivity contribution in [2.24, 2.45) is 5.10 Å². The van der Waals surface area contributed by atoms with Crippen LogP contribution in [0.15, 0.2) is 76.5 Å². The van der Waals surface area contributed by atoms with Gasteiger partial charge in [0.25, 0.3) is 0 Å². The second kappa shape index (κ2) is 7.92. The van der Waals surface area contributed by atoms with Crippen molar-refractivity contribution in [1.82, 2.24) is 4.98 Å². The highest BCUT2D eigenvalue weighted by Gasteiger charge is 2.32. The second-order valence-corrected chi connectivity index (χ2v) is 9.32. The van der Waals surface area contributed by atoms with E-state index in [0.717, 1.165) is 38.6 Å². The Hall–Kier alpha value is -2.18. The van der Waals surface area contributed by atoms with Crippen LogP contribution in [0, 0.1) is 0 Å². The van der Waals surface area contributed by atoms with E-state index in [1.807, 2.05) is 41.4 Å². The summed E-state index contributed by atoms with van der Waals surface area (Å²) in [4.78, 5) is 6.07. The van der Waals surface area contributed by atoms with Crippen molar-refractivity contribution in [3.8, 4) is 11.3 Å². The molecule has 0 fully saturated rings. The zero-order valence-electron chi connectivity index (χ0n) is 15.1. The van der Waals surface area contributed by atoms with Gasteiger partial charge < -0.3 is 0 Å². The molecule has 144 valence electrons. The van der Waals surface area contributed by atoms with Crippen LogP contribution < -0.4 is 5.01 Å². The Morgan fingerprint density at radius 3 is 2.31 bits per heavy atom. The number of hydrazone groups is 1. The van der Waals surface area contributed by atoms with Crippen LogP contribution in [0.4, 0.5) is 5.13 Å². The van der Waals surface area contributed by atoms with Crippen LogP contribution in [0.2, 0.25) is 10.0 Å². The minimum Gasteiger partial charge on any atom is -0.231 e. The van der Waals surface area contributed by atoms with E-state index in [0.29, 0.717) is 0 Å². The molecular formula is C22H15Cl2N3S2. The van der Waals surface area contributed by atoms with Gasteiger partial charge in [-0.1, -0.05) is 53.5 Å². The van der Waals surface area contributed by atoms with Gasteiger partial charge in [-0.25, -0.2) is 9.99 Å². The van der Waals surface area contributed by atoms with Crippen molar-refractivity contribution in [1.29, 1.82) is 0 Å². The highest BCUT2D eigenvalue weighted by molar-refractivity contribution is 7.14. The highest BCUT2D eigenvalue weighted by Crippen LogP contribution is 2.40. The Bertz CT molecular complexity index is 1150. The van der Waals surface area contributed by atoms with Gasteiger partial charge in [-0.05, 0) is 41.3 Å². The lowest BCUT2D eigenvalue weighted by Crippen LogP contribution is -2.18. The van der Waals surface area contributed by atoms with Crippen LogP contribution in [0.1, 0.15) is 22.9 Å². The third-order valence-corrected chi connectivity index (χ3v) is 7.05. The fourth-order valence-electron chi connectivity index (χ4n) is 3.35. The van der Waals surface area contributed by atoms with Gasteiger partial charge in [-0.15, -0.1) is 22.7 Å². The van der Waals surface area contributed by atoms with Crippen LogP contribution in [0.25, 0.3) is 11.3 Å². The zero-order chi connectivity index (χ0) is 19.8. The maximum absolute atomic E-state index is 6.10. The van der Waals surface area contributed by atoms with E-state index in [4.69, 9.17) is 33.3 Å². The first kappa shape index (κ1) is 18.8.